The van der Waals surface area contributed by atoms with Crippen molar-refractivity contribution in [2.75, 3.05) is 0 Å². The van der Waals surface area contributed by atoms with Crippen LogP contribution in [0.4, 0.5) is 5.69 Å². The molecule has 23 heavy (non-hydrogen) atoms. The predicted molar refractivity (Wildman–Crippen MR) is 78.1 cm³/mol. The van der Waals surface area contributed by atoms with Crippen LogP contribution >= 0.6 is 22.6 Å². The summed E-state index contributed by atoms with van der Waals surface area (Å²) in [6.07, 6.45) is 0. The van der Waals surface area contributed by atoms with Gasteiger partial charge in [-0.25, -0.2) is 0 Å². The Morgan fingerprint density at radius 3 is 1.48 bits per heavy atom. The highest BCUT2D eigenvalue weighted by Crippen LogP contribution is 2.42. The van der Waals surface area contributed by atoms with Crippen molar-refractivity contribution in [3.63, 3.8) is 0 Å². The molecule has 130 valence electrons. The molecule has 0 spiro atoms. The molecule has 0 saturated heterocycles. The molecule has 0 unspecified atom stereocenters. The van der Waals surface area contributed by atoms with E-state index >= 15 is 0 Å². The normalized spacial score (nSPS) is 12.3. The number of nitrogens with zero attached hydrogens (tertiary/aromatic N) is 2. The molecule has 0 aromatic heterocycles. The second-order valence-electron chi connectivity index (χ2n) is 3.80. The van der Waals surface area contributed by atoms with Gasteiger partial charge in [-0.05, 0) is 35.1 Å². The number of hydrogen-bond acceptors (Lipinski definition) is 7. The highest BCUT2D eigenvalue weighted by molar-refractivity contribution is 14.1. The topological polar surface area (TPSA) is 191 Å². The zero-order chi connectivity index (χ0) is 17.7. The van der Waals surface area contributed by atoms with Crippen LogP contribution in [0.3, 0.4) is 0 Å². The highest BCUT2D eigenvalue weighted by Gasteiger charge is 2.44. The Bertz CT molecular complexity index is 1020. The van der Waals surface area contributed by atoms with Gasteiger partial charge in [0.15, 0.2) is 9.87 Å². The van der Waals surface area contributed by atoms with Crippen LogP contribution in [0.5, 0.6) is 0 Å². The van der Waals surface area contributed by atoms with Crippen LogP contribution in [0, 0.1) is 15.9 Å². The minimum absolute atomic E-state index is 0. The number of rotatable bonds is 3. The van der Waals surface area contributed by atoms with Crippen molar-refractivity contribution in [1.29, 1.82) is 5.39 Å². The maximum Gasteiger partial charge on any atom is 0.428 e. The number of halogens is 2. The van der Waals surface area contributed by atoms with E-state index in [0.717, 1.165) is 6.92 Å². The predicted octanol–water partition coefficient (Wildman–Crippen LogP) is -2.17. The zero-order valence-corrected chi connectivity index (χ0v) is 16.0. The Morgan fingerprint density at radius 2 is 1.22 bits per heavy atom. The molecule has 0 amide bonds. The summed E-state index contributed by atoms with van der Waals surface area (Å²) in [4.78, 5) is -1.98. The first-order chi connectivity index (χ1) is 9.64. The van der Waals surface area contributed by atoms with E-state index in [1.165, 1.54) is 22.6 Å². The van der Waals surface area contributed by atoms with E-state index in [9.17, 15) is 25.3 Å². The molecule has 0 radical (unpaired) electrons. The minimum Gasteiger partial charge on any atom is -1.00 e. The van der Waals surface area contributed by atoms with Gasteiger partial charge in [0, 0.05) is 3.57 Å². The first-order valence-electron chi connectivity index (χ1n) is 4.77. The van der Waals surface area contributed by atoms with Crippen LogP contribution in [0.15, 0.2) is 14.7 Å². The zero-order valence-electron chi connectivity index (χ0n) is 10.7. The Kier molecular flexibility index (Phi) is 6.54. The van der Waals surface area contributed by atoms with Gasteiger partial charge < -0.3 is 12.4 Å². The van der Waals surface area contributed by atoms with Crippen molar-refractivity contribution in [3.05, 3.63) is 14.1 Å². The Hall–Kier alpha value is -0.610. The number of hydrogen-bond donors (Lipinski definition) is 3. The molecule has 3 N–H and O–H groups in total. The number of benzene rings is 1. The van der Waals surface area contributed by atoms with Crippen molar-refractivity contribution in [2.24, 2.45) is 0 Å². The third-order valence-electron chi connectivity index (χ3n) is 2.38. The van der Waals surface area contributed by atoms with E-state index in [-0.39, 0.29) is 12.4 Å². The van der Waals surface area contributed by atoms with Gasteiger partial charge in [0.25, 0.3) is 10.1 Å². The van der Waals surface area contributed by atoms with Crippen molar-refractivity contribution >= 4 is 58.6 Å². The third kappa shape index (κ3) is 4.27. The van der Waals surface area contributed by atoms with Crippen molar-refractivity contribution in [2.45, 2.75) is 21.6 Å². The maximum atomic E-state index is 11.4. The van der Waals surface area contributed by atoms with Gasteiger partial charge in [0.1, 0.15) is 4.90 Å². The molecule has 0 atom stereocenters. The summed E-state index contributed by atoms with van der Waals surface area (Å²) in [6.45, 7) is 0.960. The molecular formula is C7H6ClIN2O9S3. The summed E-state index contributed by atoms with van der Waals surface area (Å²) in [6, 6.07) is 0. The van der Waals surface area contributed by atoms with E-state index in [1.54, 1.807) is 0 Å². The van der Waals surface area contributed by atoms with Gasteiger partial charge >= 0.3 is 25.9 Å². The quantitative estimate of drug-likeness (QED) is 0.224. The smallest absolute Gasteiger partial charge is 0.428 e. The molecule has 0 saturated carbocycles. The van der Waals surface area contributed by atoms with Crippen molar-refractivity contribution < 1.29 is 51.3 Å². The maximum absolute atomic E-state index is 11.4. The van der Waals surface area contributed by atoms with Crippen LogP contribution in [0.25, 0.3) is 4.98 Å². The molecule has 11 nitrogen and oxygen atoms in total. The Labute approximate surface area is 150 Å². The summed E-state index contributed by atoms with van der Waals surface area (Å²) in [7, 11) is -15.9. The summed E-state index contributed by atoms with van der Waals surface area (Å²) in [5.41, 5.74) is -1.97. The first-order valence-corrected chi connectivity index (χ1v) is 10.2. The van der Waals surface area contributed by atoms with Crippen molar-refractivity contribution in [1.82, 2.24) is 0 Å². The third-order valence-corrected chi connectivity index (χ3v) is 7.08. The first kappa shape index (κ1) is 22.4. The average Bonchev–Trinajstić information content (AvgIpc) is 2.26. The van der Waals surface area contributed by atoms with E-state index in [1.807, 2.05) is 0 Å². The van der Waals surface area contributed by atoms with Crippen LogP contribution in [-0.2, 0) is 30.4 Å². The van der Waals surface area contributed by atoms with Gasteiger partial charge in [0.2, 0.25) is 10.3 Å². The minimum atomic E-state index is -5.45. The monoisotopic (exact) mass is 520 g/mol. The second kappa shape index (κ2) is 6.72. The van der Waals surface area contributed by atoms with E-state index in [0.29, 0.717) is 0 Å². The fourth-order valence-corrected chi connectivity index (χ4v) is 6.38. The largest absolute Gasteiger partial charge is 1.00 e. The fraction of sp³-hybridized carbons (Fsp3) is 0.143. The Balaban J connectivity index is 0.00000484. The molecule has 0 aliphatic heterocycles. The lowest BCUT2D eigenvalue weighted by Gasteiger charge is -2.10. The van der Waals surface area contributed by atoms with Crippen LogP contribution in [0.1, 0.15) is 5.56 Å². The molecule has 0 aliphatic carbocycles. The Morgan fingerprint density at radius 1 is 0.870 bits per heavy atom. The lowest BCUT2D eigenvalue weighted by Crippen LogP contribution is -3.00. The average molecular weight is 521 g/mol. The molecule has 0 aliphatic rings. The van der Waals surface area contributed by atoms with Gasteiger partial charge in [-0.15, -0.1) is 0 Å². The molecule has 1 aromatic rings. The summed E-state index contributed by atoms with van der Waals surface area (Å²) in [5, 5.41) is 8.83. The lowest BCUT2D eigenvalue weighted by atomic mass is 10.2. The lowest BCUT2D eigenvalue weighted by molar-refractivity contribution is -0.0000170. The van der Waals surface area contributed by atoms with E-state index in [2.05, 4.69) is 4.98 Å². The van der Waals surface area contributed by atoms with Gasteiger partial charge in [-0.2, -0.15) is 25.3 Å². The van der Waals surface area contributed by atoms with Crippen LogP contribution in [0.2, 0.25) is 0 Å². The molecule has 1 rings (SSSR count). The highest BCUT2D eigenvalue weighted by atomic mass is 127. The summed E-state index contributed by atoms with van der Waals surface area (Å²) >= 11 is 1.18. The summed E-state index contributed by atoms with van der Waals surface area (Å²) < 4.78 is 94.7. The molecule has 16 heteroatoms. The molecule has 0 bridgehead atoms. The van der Waals surface area contributed by atoms with Gasteiger partial charge in [-0.1, -0.05) is 0 Å². The molecule has 0 fully saturated rings. The molecular weight excluding hydrogens is 515 g/mol. The molecule has 1 aromatic carbocycles. The number of diazo groups is 1. The van der Waals surface area contributed by atoms with Crippen LogP contribution < -0.4 is 12.4 Å². The second-order valence-corrected chi connectivity index (χ2v) is 8.95. The SMILES string of the molecule is Cc1c(I)c(S(=O)(=O)O)c(S(=O)(=O)O)c([N+]#N)c1S(=O)(=O)O.[Cl-]. The van der Waals surface area contributed by atoms with Crippen LogP contribution in [-0.4, -0.2) is 38.9 Å². The van der Waals surface area contributed by atoms with E-state index in [4.69, 9.17) is 19.1 Å². The molecule has 0 heterocycles. The summed E-state index contributed by atoms with van der Waals surface area (Å²) in [5.74, 6) is 0. The standard InChI is InChI=1S/C7H5IN2O9S3.ClH/c1-2-3(8)6(21(14,15)16)7(22(17,18)19)4(10-9)5(2)20(11,12)13;/h1H3,(H2-,11,12,13,14,15,16,17,18,19);1H. The van der Waals surface area contributed by atoms with Crippen molar-refractivity contribution in [3.8, 4) is 0 Å². The van der Waals surface area contributed by atoms with E-state index < -0.39 is 59.9 Å². The van der Waals surface area contributed by atoms with Gasteiger partial charge in [-0.3, -0.25) is 13.7 Å². The fourth-order valence-electron chi connectivity index (χ4n) is 1.63. The van der Waals surface area contributed by atoms with Gasteiger partial charge in [0.05, 0.1) is 0 Å².